The molecule has 0 radical (unpaired) electrons. The van der Waals surface area contributed by atoms with Gasteiger partial charge in [-0.25, -0.2) is 9.07 Å². The number of halogens is 1. The summed E-state index contributed by atoms with van der Waals surface area (Å²) in [6, 6.07) is 0. The van der Waals surface area contributed by atoms with Crippen molar-refractivity contribution in [3.05, 3.63) is 11.9 Å². The zero-order valence-corrected chi connectivity index (χ0v) is 8.00. The molecule has 0 bridgehead atoms. The minimum Gasteiger partial charge on any atom is -0.330 e. The molecule has 0 saturated heterocycles. The number of nitrogens with zero attached hydrogens (tertiary/aromatic N) is 3. The van der Waals surface area contributed by atoms with Crippen molar-refractivity contribution in [2.75, 3.05) is 6.54 Å². The summed E-state index contributed by atoms with van der Waals surface area (Å²) in [6.45, 7) is 3.78. The maximum atomic E-state index is 13.3. The summed E-state index contributed by atoms with van der Waals surface area (Å²) in [5.74, 6) is 0. The summed E-state index contributed by atoms with van der Waals surface area (Å²) in [5.41, 5.74) is 5.01. The first-order valence-corrected chi connectivity index (χ1v) is 4.29. The van der Waals surface area contributed by atoms with Crippen molar-refractivity contribution < 1.29 is 4.39 Å². The second kappa shape index (κ2) is 3.83. The molecule has 0 aliphatic carbocycles. The molecule has 0 saturated carbocycles. The van der Waals surface area contributed by atoms with E-state index in [0.717, 1.165) is 5.69 Å². The van der Waals surface area contributed by atoms with Gasteiger partial charge in [0.05, 0.1) is 18.4 Å². The number of rotatable bonds is 4. The van der Waals surface area contributed by atoms with Crippen molar-refractivity contribution in [3.63, 3.8) is 0 Å². The van der Waals surface area contributed by atoms with Crippen LogP contribution in [0.25, 0.3) is 0 Å². The molecule has 74 valence electrons. The van der Waals surface area contributed by atoms with Gasteiger partial charge in [-0.05, 0) is 20.4 Å². The van der Waals surface area contributed by atoms with Crippen molar-refractivity contribution in [2.45, 2.75) is 32.5 Å². The SMILES string of the molecule is CC(C)(F)Cn1nncc1CCN. The van der Waals surface area contributed by atoms with Gasteiger partial charge >= 0.3 is 0 Å². The fraction of sp³-hybridized carbons (Fsp3) is 0.750. The Morgan fingerprint density at radius 3 is 2.85 bits per heavy atom. The minimum absolute atomic E-state index is 0.225. The van der Waals surface area contributed by atoms with E-state index < -0.39 is 5.67 Å². The highest BCUT2D eigenvalue weighted by Gasteiger charge is 2.18. The van der Waals surface area contributed by atoms with E-state index in [0.29, 0.717) is 13.0 Å². The molecular weight excluding hydrogens is 171 g/mol. The van der Waals surface area contributed by atoms with Crippen LogP contribution in [0.2, 0.25) is 0 Å². The third-order valence-corrected chi connectivity index (χ3v) is 1.62. The minimum atomic E-state index is -1.27. The normalized spacial score (nSPS) is 12.0. The highest BCUT2D eigenvalue weighted by atomic mass is 19.1. The van der Waals surface area contributed by atoms with Gasteiger partial charge in [-0.15, -0.1) is 5.10 Å². The van der Waals surface area contributed by atoms with Gasteiger partial charge in [0, 0.05) is 6.42 Å². The lowest BCUT2D eigenvalue weighted by Gasteiger charge is -2.14. The molecule has 0 spiro atoms. The Morgan fingerprint density at radius 1 is 1.62 bits per heavy atom. The quantitative estimate of drug-likeness (QED) is 0.746. The van der Waals surface area contributed by atoms with Gasteiger partial charge in [-0.2, -0.15) is 0 Å². The molecule has 1 heterocycles. The Kier molecular flexibility index (Phi) is 2.98. The molecule has 5 heteroatoms. The first-order valence-electron chi connectivity index (χ1n) is 4.29. The van der Waals surface area contributed by atoms with Gasteiger partial charge in [-0.1, -0.05) is 5.21 Å². The first-order chi connectivity index (χ1) is 6.03. The van der Waals surface area contributed by atoms with Crippen molar-refractivity contribution in [3.8, 4) is 0 Å². The van der Waals surface area contributed by atoms with E-state index >= 15 is 0 Å². The monoisotopic (exact) mass is 186 g/mol. The molecule has 0 atom stereocenters. The molecule has 1 rings (SSSR count). The van der Waals surface area contributed by atoms with E-state index in [2.05, 4.69) is 10.3 Å². The lowest BCUT2D eigenvalue weighted by atomic mass is 10.2. The molecular formula is C8H15FN4. The zero-order valence-electron chi connectivity index (χ0n) is 8.00. The summed E-state index contributed by atoms with van der Waals surface area (Å²) in [4.78, 5) is 0. The fourth-order valence-corrected chi connectivity index (χ4v) is 1.11. The second-order valence-electron chi connectivity index (χ2n) is 3.64. The van der Waals surface area contributed by atoms with Crippen LogP contribution in [0.1, 0.15) is 19.5 Å². The molecule has 0 amide bonds. The van der Waals surface area contributed by atoms with Crippen LogP contribution < -0.4 is 5.73 Å². The molecule has 0 aliphatic rings. The number of hydrogen-bond acceptors (Lipinski definition) is 3. The Hall–Kier alpha value is -0.970. The highest BCUT2D eigenvalue weighted by Crippen LogP contribution is 2.12. The second-order valence-corrected chi connectivity index (χ2v) is 3.64. The fourth-order valence-electron chi connectivity index (χ4n) is 1.11. The third kappa shape index (κ3) is 3.10. The van der Waals surface area contributed by atoms with E-state index in [1.807, 2.05) is 0 Å². The zero-order chi connectivity index (χ0) is 9.90. The smallest absolute Gasteiger partial charge is 0.125 e. The van der Waals surface area contributed by atoms with Crippen molar-refractivity contribution in [1.29, 1.82) is 0 Å². The summed E-state index contributed by atoms with van der Waals surface area (Å²) in [6.07, 6.45) is 2.31. The number of aromatic nitrogens is 3. The van der Waals surface area contributed by atoms with Crippen LogP contribution in [0.5, 0.6) is 0 Å². The average molecular weight is 186 g/mol. The Balaban J connectivity index is 2.70. The predicted octanol–water partition coefficient (Wildman–Crippen LogP) is 0.527. The van der Waals surface area contributed by atoms with Crippen LogP contribution >= 0.6 is 0 Å². The maximum Gasteiger partial charge on any atom is 0.125 e. The van der Waals surface area contributed by atoms with Gasteiger partial charge in [0.1, 0.15) is 5.67 Å². The van der Waals surface area contributed by atoms with Crippen molar-refractivity contribution in [2.24, 2.45) is 5.73 Å². The van der Waals surface area contributed by atoms with Crippen LogP contribution in [-0.4, -0.2) is 27.2 Å². The first kappa shape index (κ1) is 10.1. The van der Waals surface area contributed by atoms with Gasteiger partial charge < -0.3 is 5.73 Å². The van der Waals surface area contributed by atoms with E-state index in [-0.39, 0.29) is 6.54 Å². The van der Waals surface area contributed by atoms with Gasteiger partial charge in [-0.3, -0.25) is 0 Å². The summed E-state index contributed by atoms with van der Waals surface area (Å²) in [5, 5.41) is 7.51. The van der Waals surface area contributed by atoms with E-state index in [4.69, 9.17) is 5.73 Å². The van der Waals surface area contributed by atoms with E-state index in [1.165, 1.54) is 13.8 Å². The standard InChI is InChI=1S/C8H15FN4/c1-8(2,9)6-13-7(3-4-10)5-11-12-13/h5H,3-4,6,10H2,1-2H3. The predicted molar refractivity (Wildman–Crippen MR) is 48.0 cm³/mol. The Bertz CT molecular complexity index is 263. The lowest BCUT2D eigenvalue weighted by molar-refractivity contribution is 0.176. The third-order valence-electron chi connectivity index (χ3n) is 1.62. The van der Waals surface area contributed by atoms with Crippen LogP contribution in [0.15, 0.2) is 6.20 Å². The van der Waals surface area contributed by atoms with Crippen LogP contribution in [-0.2, 0) is 13.0 Å². The molecule has 0 aliphatic heterocycles. The average Bonchev–Trinajstić information content (AvgIpc) is 2.34. The van der Waals surface area contributed by atoms with Crippen LogP contribution in [0.3, 0.4) is 0 Å². The van der Waals surface area contributed by atoms with Crippen molar-refractivity contribution >= 4 is 0 Å². The van der Waals surface area contributed by atoms with Crippen molar-refractivity contribution in [1.82, 2.24) is 15.0 Å². The molecule has 2 N–H and O–H groups in total. The largest absolute Gasteiger partial charge is 0.330 e. The van der Waals surface area contributed by atoms with Crippen LogP contribution in [0, 0.1) is 0 Å². The summed E-state index contributed by atoms with van der Waals surface area (Å²) < 4.78 is 14.8. The molecule has 0 unspecified atom stereocenters. The van der Waals surface area contributed by atoms with E-state index in [1.54, 1.807) is 10.9 Å². The molecule has 0 fully saturated rings. The topological polar surface area (TPSA) is 56.7 Å². The molecule has 4 nitrogen and oxygen atoms in total. The number of nitrogens with two attached hydrogens (primary N) is 1. The summed E-state index contributed by atoms with van der Waals surface area (Å²) in [7, 11) is 0. The molecule has 0 aromatic carbocycles. The van der Waals surface area contributed by atoms with Gasteiger partial charge in [0.2, 0.25) is 0 Å². The van der Waals surface area contributed by atoms with Gasteiger partial charge in [0.25, 0.3) is 0 Å². The molecule has 13 heavy (non-hydrogen) atoms. The van der Waals surface area contributed by atoms with E-state index in [9.17, 15) is 4.39 Å². The molecule has 1 aromatic heterocycles. The Morgan fingerprint density at radius 2 is 2.31 bits per heavy atom. The number of hydrogen-bond donors (Lipinski definition) is 1. The Labute approximate surface area is 76.9 Å². The summed E-state index contributed by atoms with van der Waals surface area (Å²) >= 11 is 0. The molecule has 1 aromatic rings. The van der Waals surface area contributed by atoms with Crippen LogP contribution in [0.4, 0.5) is 4.39 Å². The lowest BCUT2D eigenvalue weighted by Crippen LogP contribution is -2.23. The maximum absolute atomic E-state index is 13.3. The van der Waals surface area contributed by atoms with Gasteiger partial charge in [0.15, 0.2) is 0 Å². The number of alkyl halides is 1. The highest BCUT2D eigenvalue weighted by molar-refractivity contribution is 4.95.